The first-order valence-corrected chi connectivity index (χ1v) is 9.61. The monoisotopic (exact) mass is 327 g/mol. The van der Waals surface area contributed by atoms with Gasteiger partial charge in [-0.15, -0.1) is 0 Å². The predicted molar refractivity (Wildman–Crippen MR) is 85.0 cm³/mol. The zero-order valence-corrected chi connectivity index (χ0v) is 14.6. The fraction of sp³-hybridized carbons (Fsp3) is 0.867. The van der Waals surface area contributed by atoms with Crippen molar-refractivity contribution in [1.29, 1.82) is 0 Å². The van der Waals surface area contributed by atoms with Crippen LogP contribution in [0.2, 0.25) is 0 Å². The second kappa shape index (κ2) is 5.03. The van der Waals surface area contributed by atoms with Gasteiger partial charge in [0.2, 0.25) is 10.0 Å². The molecule has 3 atom stereocenters. The van der Waals surface area contributed by atoms with Gasteiger partial charge in [0.15, 0.2) is 0 Å². The summed E-state index contributed by atoms with van der Waals surface area (Å²) in [6.45, 7) is 6.67. The maximum atomic E-state index is 12.7. The number of amides is 1. The number of amidine groups is 1. The van der Waals surface area contributed by atoms with Crippen molar-refractivity contribution in [1.82, 2.24) is 9.21 Å². The second-order valence-corrected chi connectivity index (χ2v) is 9.36. The highest BCUT2D eigenvalue weighted by molar-refractivity contribution is 7.89. The van der Waals surface area contributed by atoms with Gasteiger partial charge >= 0.3 is 0 Å². The first-order valence-electron chi connectivity index (χ1n) is 8.00. The van der Waals surface area contributed by atoms with Gasteiger partial charge in [-0.2, -0.15) is 0 Å². The number of rotatable bonds is 3. The second-order valence-electron chi connectivity index (χ2n) is 7.34. The van der Waals surface area contributed by atoms with Gasteiger partial charge in [-0.1, -0.05) is 13.8 Å². The molecule has 6 nitrogen and oxygen atoms in total. The van der Waals surface area contributed by atoms with Crippen molar-refractivity contribution >= 4 is 21.8 Å². The third kappa shape index (κ3) is 2.21. The van der Waals surface area contributed by atoms with Gasteiger partial charge in [-0.25, -0.2) is 12.7 Å². The number of carbonyl (C=O) groups is 1. The highest BCUT2D eigenvalue weighted by Crippen LogP contribution is 2.50. The average molecular weight is 327 g/mol. The van der Waals surface area contributed by atoms with Crippen LogP contribution in [0.1, 0.15) is 33.6 Å². The van der Waals surface area contributed by atoms with Gasteiger partial charge in [-0.3, -0.25) is 9.79 Å². The van der Waals surface area contributed by atoms with Crippen LogP contribution in [0, 0.1) is 17.8 Å². The van der Waals surface area contributed by atoms with E-state index in [1.165, 1.54) is 0 Å². The molecule has 1 amide bonds. The van der Waals surface area contributed by atoms with Crippen LogP contribution < -0.4 is 0 Å². The number of sulfonamides is 1. The molecule has 0 bridgehead atoms. The van der Waals surface area contributed by atoms with Crippen LogP contribution in [0.5, 0.6) is 0 Å². The first kappa shape index (κ1) is 15.9. The molecule has 0 radical (unpaired) electrons. The summed E-state index contributed by atoms with van der Waals surface area (Å²) in [4.78, 5) is 19.0. The van der Waals surface area contributed by atoms with Crippen LogP contribution in [-0.4, -0.2) is 60.8 Å². The van der Waals surface area contributed by atoms with Gasteiger partial charge in [-0.05, 0) is 31.6 Å². The Hall–Kier alpha value is -0.950. The van der Waals surface area contributed by atoms with Crippen LogP contribution in [0.25, 0.3) is 0 Å². The third-order valence-corrected chi connectivity index (χ3v) is 7.55. The molecule has 1 spiro atoms. The summed E-state index contributed by atoms with van der Waals surface area (Å²) in [5, 5.41) is 0. The minimum Gasteiger partial charge on any atom is -0.302 e. The number of aliphatic imine (C=N–C) groups is 1. The molecule has 3 aliphatic rings. The molecule has 0 unspecified atom stereocenters. The summed E-state index contributed by atoms with van der Waals surface area (Å²) in [5.74, 6) is 1.36. The van der Waals surface area contributed by atoms with Crippen molar-refractivity contribution in [3.05, 3.63) is 0 Å². The van der Waals surface area contributed by atoms with E-state index in [-0.39, 0.29) is 29.4 Å². The Labute approximate surface area is 132 Å². The van der Waals surface area contributed by atoms with Gasteiger partial charge < -0.3 is 4.90 Å². The SMILES string of the molecule is CC1=N[C@@]2(CC[C@@H]3CN(S(=O)(=O)CC(C)C)C[C@@H]32)C(=O)N1C. The fourth-order valence-corrected chi connectivity index (χ4v) is 6.12. The summed E-state index contributed by atoms with van der Waals surface area (Å²) in [6, 6.07) is 0. The standard InChI is InChI=1S/C15H25N3O3S/c1-10(2)9-22(20,21)18-7-12-5-6-15(13(12)8-18)14(19)17(4)11(3)16-15/h10,12-13H,5-9H2,1-4H3/t12-,13+,15-/m1/s1. The van der Waals surface area contributed by atoms with E-state index in [1.807, 2.05) is 20.8 Å². The number of fused-ring (bicyclic) bond motifs is 2. The van der Waals surface area contributed by atoms with Crippen molar-refractivity contribution in [3.63, 3.8) is 0 Å². The Morgan fingerprint density at radius 3 is 2.59 bits per heavy atom. The number of carbonyl (C=O) groups excluding carboxylic acids is 1. The van der Waals surface area contributed by atoms with E-state index < -0.39 is 15.6 Å². The molecule has 7 heteroatoms. The quantitative estimate of drug-likeness (QED) is 0.775. The number of hydrogen-bond donors (Lipinski definition) is 0. The Morgan fingerprint density at radius 1 is 1.36 bits per heavy atom. The van der Waals surface area contributed by atoms with E-state index in [4.69, 9.17) is 0 Å². The van der Waals surface area contributed by atoms with E-state index in [0.717, 1.165) is 18.7 Å². The Balaban J connectivity index is 1.85. The van der Waals surface area contributed by atoms with Crippen LogP contribution in [0.15, 0.2) is 4.99 Å². The lowest BCUT2D eigenvalue weighted by molar-refractivity contribution is -0.131. The van der Waals surface area contributed by atoms with E-state index in [1.54, 1.807) is 16.3 Å². The molecule has 1 aliphatic carbocycles. The molecular formula is C15H25N3O3S. The predicted octanol–water partition coefficient (Wildman–Crippen LogP) is 0.943. The number of nitrogens with zero attached hydrogens (tertiary/aromatic N) is 3. The topological polar surface area (TPSA) is 70.0 Å². The zero-order chi connectivity index (χ0) is 16.3. The van der Waals surface area contributed by atoms with Crippen molar-refractivity contribution < 1.29 is 13.2 Å². The molecule has 0 aromatic carbocycles. The van der Waals surface area contributed by atoms with Crippen molar-refractivity contribution in [2.75, 3.05) is 25.9 Å². The van der Waals surface area contributed by atoms with Crippen LogP contribution >= 0.6 is 0 Å². The third-order valence-electron chi connectivity index (χ3n) is 5.38. The molecule has 124 valence electrons. The van der Waals surface area contributed by atoms with Crippen LogP contribution in [0.3, 0.4) is 0 Å². The molecule has 2 heterocycles. The highest BCUT2D eigenvalue weighted by atomic mass is 32.2. The van der Waals surface area contributed by atoms with Gasteiger partial charge in [0.05, 0.1) is 5.75 Å². The lowest BCUT2D eigenvalue weighted by Gasteiger charge is -2.27. The largest absolute Gasteiger partial charge is 0.302 e. The Kier molecular flexibility index (Phi) is 3.64. The lowest BCUT2D eigenvalue weighted by Crippen LogP contribution is -2.45. The molecule has 2 fully saturated rings. The van der Waals surface area contributed by atoms with Crippen molar-refractivity contribution in [3.8, 4) is 0 Å². The van der Waals surface area contributed by atoms with Crippen LogP contribution in [-0.2, 0) is 14.8 Å². The average Bonchev–Trinajstić information content (AvgIpc) is 3.01. The maximum absolute atomic E-state index is 12.7. The molecule has 0 aromatic heterocycles. The van der Waals surface area contributed by atoms with E-state index >= 15 is 0 Å². The molecule has 1 saturated heterocycles. The minimum atomic E-state index is -3.23. The van der Waals surface area contributed by atoms with Crippen molar-refractivity contribution in [2.45, 2.75) is 39.2 Å². The summed E-state index contributed by atoms with van der Waals surface area (Å²) in [5.41, 5.74) is -0.703. The van der Waals surface area contributed by atoms with Crippen molar-refractivity contribution in [2.24, 2.45) is 22.7 Å². The van der Waals surface area contributed by atoms with E-state index in [2.05, 4.69) is 4.99 Å². The molecule has 3 rings (SSSR count). The Morgan fingerprint density at radius 2 is 2.05 bits per heavy atom. The minimum absolute atomic E-state index is 0.0295. The smallest absolute Gasteiger partial charge is 0.255 e. The van der Waals surface area contributed by atoms with E-state index in [0.29, 0.717) is 13.1 Å². The summed E-state index contributed by atoms with van der Waals surface area (Å²) in [6.07, 6.45) is 1.63. The number of hydrogen-bond acceptors (Lipinski definition) is 4. The molecule has 22 heavy (non-hydrogen) atoms. The number of likely N-dealkylation sites (N-methyl/N-ethyl adjacent to an activating group) is 1. The molecule has 1 saturated carbocycles. The first-order chi connectivity index (χ1) is 10.2. The van der Waals surface area contributed by atoms with E-state index in [9.17, 15) is 13.2 Å². The molecular weight excluding hydrogens is 302 g/mol. The highest BCUT2D eigenvalue weighted by Gasteiger charge is 2.61. The van der Waals surface area contributed by atoms with Gasteiger partial charge in [0.1, 0.15) is 11.4 Å². The molecule has 2 aliphatic heterocycles. The van der Waals surface area contributed by atoms with Gasteiger partial charge in [0, 0.05) is 26.1 Å². The Bertz CT molecular complexity index is 628. The normalized spacial score (nSPS) is 35.8. The van der Waals surface area contributed by atoms with Gasteiger partial charge in [0.25, 0.3) is 5.91 Å². The maximum Gasteiger partial charge on any atom is 0.255 e. The summed E-state index contributed by atoms with van der Waals surface area (Å²) in [7, 11) is -1.48. The zero-order valence-electron chi connectivity index (χ0n) is 13.7. The molecule has 0 aromatic rings. The molecule has 0 N–H and O–H groups in total. The summed E-state index contributed by atoms with van der Waals surface area (Å²) >= 11 is 0. The van der Waals surface area contributed by atoms with Crippen LogP contribution in [0.4, 0.5) is 0 Å². The fourth-order valence-electron chi connectivity index (χ4n) is 4.26. The summed E-state index contributed by atoms with van der Waals surface area (Å²) < 4.78 is 26.6. The lowest BCUT2D eigenvalue weighted by atomic mass is 9.85.